The van der Waals surface area contributed by atoms with E-state index in [1.54, 1.807) is 54.6 Å². The second-order valence-electron chi connectivity index (χ2n) is 6.33. The van der Waals surface area contributed by atoms with Gasteiger partial charge in [-0.25, -0.2) is 8.42 Å². The maximum atomic E-state index is 13.2. The third-order valence-corrected chi connectivity index (χ3v) is 6.63. The second-order valence-corrected chi connectivity index (χ2v) is 8.95. The van der Waals surface area contributed by atoms with Gasteiger partial charge in [0, 0.05) is 11.4 Å². The molecule has 1 aromatic heterocycles. The SMILES string of the molecule is Cc1noc(CC(c2ccc(Cl)cc2)S(=O)(=O)Cc2ccccc2)c1[N+](=O)[O-]. The first kappa shape index (κ1) is 20.0. The number of halogens is 1. The maximum Gasteiger partial charge on any atom is 0.334 e. The van der Waals surface area contributed by atoms with Gasteiger partial charge in [0.1, 0.15) is 0 Å². The van der Waals surface area contributed by atoms with Gasteiger partial charge in [-0.1, -0.05) is 59.2 Å². The molecule has 0 bridgehead atoms. The minimum Gasteiger partial charge on any atom is -0.354 e. The Morgan fingerprint density at radius 1 is 1.14 bits per heavy atom. The summed E-state index contributed by atoms with van der Waals surface area (Å²) in [4.78, 5) is 10.7. The lowest BCUT2D eigenvalue weighted by Crippen LogP contribution is -2.18. The van der Waals surface area contributed by atoms with E-state index in [0.717, 1.165) is 0 Å². The number of aromatic nitrogens is 1. The van der Waals surface area contributed by atoms with E-state index in [1.807, 2.05) is 0 Å². The summed E-state index contributed by atoms with van der Waals surface area (Å²) in [6.45, 7) is 1.45. The van der Waals surface area contributed by atoms with Crippen molar-refractivity contribution >= 4 is 27.1 Å². The van der Waals surface area contributed by atoms with Crippen LogP contribution in [0.1, 0.15) is 27.8 Å². The highest BCUT2D eigenvalue weighted by Gasteiger charge is 2.34. The Hall–Kier alpha value is -2.71. The van der Waals surface area contributed by atoms with Gasteiger partial charge < -0.3 is 4.52 Å². The molecule has 0 fully saturated rings. The van der Waals surface area contributed by atoms with Crippen molar-refractivity contribution in [2.24, 2.45) is 0 Å². The predicted octanol–water partition coefficient (Wildman–Crippen LogP) is 4.44. The molecular weight excluding hydrogens is 404 g/mol. The summed E-state index contributed by atoms with van der Waals surface area (Å²) in [7, 11) is -3.73. The van der Waals surface area contributed by atoms with Crippen LogP contribution < -0.4 is 0 Å². The third-order valence-electron chi connectivity index (χ3n) is 4.34. The number of benzene rings is 2. The molecule has 0 radical (unpaired) electrons. The van der Waals surface area contributed by atoms with Crippen molar-refractivity contribution in [1.29, 1.82) is 0 Å². The number of aryl methyl sites for hydroxylation is 1. The van der Waals surface area contributed by atoms with Crippen molar-refractivity contribution in [3.05, 3.63) is 92.3 Å². The van der Waals surface area contributed by atoms with Gasteiger partial charge in [0.25, 0.3) is 0 Å². The molecule has 7 nitrogen and oxygen atoms in total. The molecule has 9 heteroatoms. The van der Waals surface area contributed by atoms with Crippen LogP contribution in [0.15, 0.2) is 59.1 Å². The molecule has 3 rings (SSSR count). The summed E-state index contributed by atoms with van der Waals surface area (Å²) in [5.74, 6) is -0.277. The van der Waals surface area contributed by atoms with Crippen LogP contribution in [0.25, 0.3) is 0 Å². The topological polar surface area (TPSA) is 103 Å². The van der Waals surface area contributed by atoms with Gasteiger partial charge in [0.05, 0.1) is 15.9 Å². The summed E-state index contributed by atoms with van der Waals surface area (Å²) < 4.78 is 31.5. The number of nitro groups is 1. The van der Waals surface area contributed by atoms with Gasteiger partial charge >= 0.3 is 5.69 Å². The fourth-order valence-electron chi connectivity index (χ4n) is 2.98. The number of sulfone groups is 1. The van der Waals surface area contributed by atoms with E-state index in [-0.39, 0.29) is 29.3 Å². The van der Waals surface area contributed by atoms with Crippen LogP contribution in [0, 0.1) is 17.0 Å². The Balaban J connectivity index is 2.03. The number of rotatable bonds is 7. The maximum absolute atomic E-state index is 13.2. The molecule has 0 saturated carbocycles. The molecule has 0 amide bonds. The molecule has 0 aliphatic rings. The van der Waals surface area contributed by atoms with Crippen LogP contribution in [-0.4, -0.2) is 18.5 Å². The Morgan fingerprint density at radius 3 is 2.39 bits per heavy atom. The Labute approximate surface area is 167 Å². The number of hydrogen-bond acceptors (Lipinski definition) is 6. The molecule has 3 aromatic rings. The zero-order valence-corrected chi connectivity index (χ0v) is 16.5. The van der Waals surface area contributed by atoms with Crippen molar-refractivity contribution in [2.45, 2.75) is 24.3 Å². The highest BCUT2D eigenvalue weighted by Crippen LogP contribution is 2.34. The average molecular weight is 421 g/mol. The van der Waals surface area contributed by atoms with Gasteiger partial charge in [-0.05, 0) is 30.2 Å². The minimum atomic E-state index is -3.73. The largest absolute Gasteiger partial charge is 0.354 e. The standard InChI is InChI=1S/C19H17ClN2O5S/c1-13-19(22(23)24)17(27-21-13)11-18(15-7-9-16(20)10-8-15)28(25,26)12-14-5-3-2-4-6-14/h2-10,18H,11-12H2,1H3. The molecule has 28 heavy (non-hydrogen) atoms. The van der Waals surface area contributed by atoms with Gasteiger partial charge in [0.15, 0.2) is 15.5 Å². The predicted molar refractivity (Wildman–Crippen MR) is 105 cm³/mol. The van der Waals surface area contributed by atoms with E-state index in [1.165, 1.54) is 6.92 Å². The van der Waals surface area contributed by atoms with Crippen LogP contribution in [0.4, 0.5) is 5.69 Å². The zero-order valence-electron chi connectivity index (χ0n) is 14.9. The van der Waals surface area contributed by atoms with Crippen molar-refractivity contribution in [2.75, 3.05) is 0 Å². The van der Waals surface area contributed by atoms with E-state index >= 15 is 0 Å². The van der Waals surface area contributed by atoms with Gasteiger partial charge in [-0.3, -0.25) is 10.1 Å². The molecule has 0 aliphatic carbocycles. The van der Waals surface area contributed by atoms with Crippen LogP contribution >= 0.6 is 11.6 Å². The molecule has 0 aliphatic heterocycles. The molecule has 146 valence electrons. The fourth-order valence-corrected chi connectivity index (χ4v) is 4.95. The highest BCUT2D eigenvalue weighted by molar-refractivity contribution is 7.90. The molecule has 1 heterocycles. The first-order valence-corrected chi connectivity index (χ1v) is 10.5. The lowest BCUT2D eigenvalue weighted by atomic mass is 10.1. The van der Waals surface area contributed by atoms with E-state index in [0.29, 0.717) is 16.1 Å². The average Bonchev–Trinajstić information content (AvgIpc) is 3.01. The smallest absolute Gasteiger partial charge is 0.334 e. The summed E-state index contributed by atoms with van der Waals surface area (Å²) in [6.07, 6.45) is -0.200. The van der Waals surface area contributed by atoms with Crippen LogP contribution in [-0.2, 0) is 22.0 Å². The summed E-state index contributed by atoms with van der Waals surface area (Å²) in [5.41, 5.74) is 0.914. The van der Waals surface area contributed by atoms with Crippen molar-refractivity contribution in [1.82, 2.24) is 5.16 Å². The van der Waals surface area contributed by atoms with Gasteiger partial charge in [-0.2, -0.15) is 0 Å². The Bertz CT molecular complexity index is 1080. The molecule has 1 atom stereocenters. The van der Waals surface area contributed by atoms with Crippen molar-refractivity contribution in [3.8, 4) is 0 Å². The molecule has 0 spiro atoms. The van der Waals surface area contributed by atoms with Crippen molar-refractivity contribution in [3.63, 3.8) is 0 Å². The Morgan fingerprint density at radius 2 is 1.79 bits per heavy atom. The van der Waals surface area contributed by atoms with E-state index in [2.05, 4.69) is 5.16 Å². The van der Waals surface area contributed by atoms with Gasteiger partial charge in [-0.15, -0.1) is 0 Å². The van der Waals surface area contributed by atoms with Crippen LogP contribution in [0.5, 0.6) is 0 Å². The molecule has 1 unspecified atom stereocenters. The molecule has 0 saturated heterocycles. The van der Waals surface area contributed by atoms with Crippen LogP contribution in [0.3, 0.4) is 0 Å². The minimum absolute atomic E-state index is 0.0703. The summed E-state index contributed by atoms with van der Waals surface area (Å²) in [5, 5.41) is 14.4. The zero-order chi connectivity index (χ0) is 20.3. The van der Waals surface area contributed by atoms with Crippen LogP contribution in [0.2, 0.25) is 5.02 Å². The second kappa shape index (κ2) is 8.12. The third kappa shape index (κ3) is 4.40. The summed E-state index contributed by atoms with van der Waals surface area (Å²) in [6, 6.07) is 15.1. The van der Waals surface area contributed by atoms with E-state index in [9.17, 15) is 18.5 Å². The number of hydrogen-bond donors (Lipinski definition) is 0. The lowest BCUT2D eigenvalue weighted by molar-refractivity contribution is -0.386. The quantitative estimate of drug-likeness (QED) is 0.413. The Kier molecular flexibility index (Phi) is 5.81. The number of nitrogens with zero attached hydrogens (tertiary/aromatic N) is 2. The fraction of sp³-hybridized carbons (Fsp3) is 0.211. The first-order valence-electron chi connectivity index (χ1n) is 8.38. The lowest BCUT2D eigenvalue weighted by Gasteiger charge is -2.17. The normalized spacial score (nSPS) is 12.6. The molecular formula is C19H17ClN2O5S. The first-order chi connectivity index (χ1) is 13.3. The van der Waals surface area contributed by atoms with Gasteiger partial charge in [0.2, 0.25) is 5.76 Å². The summed E-state index contributed by atoms with van der Waals surface area (Å²) >= 11 is 5.92. The van der Waals surface area contributed by atoms with E-state index in [4.69, 9.17) is 16.1 Å². The monoisotopic (exact) mass is 420 g/mol. The molecule has 0 N–H and O–H groups in total. The van der Waals surface area contributed by atoms with E-state index < -0.39 is 20.0 Å². The molecule has 2 aromatic carbocycles. The van der Waals surface area contributed by atoms with Crippen molar-refractivity contribution < 1.29 is 17.9 Å². The highest BCUT2D eigenvalue weighted by atomic mass is 35.5.